The van der Waals surface area contributed by atoms with Crippen molar-refractivity contribution in [1.82, 2.24) is 9.46 Å². The molecule has 0 unspecified atom stereocenters. The van der Waals surface area contributed by atoms with Gasteiger partial charge in [0.2, 0.25) is 10.0 Å². The molecule has 1 N–H and O–H groups in total. The van der Waals surface area contributed by atoms with Crippen molar-refractivity contribution >= 4 is 38.5 Å². The van der Waals surface area contributed by atoms with Crippen molar-refractivity contribution < 1.29 is 22.5 Å². The van der Waals surface area contributed by atoms with E-state index in [2.05, 4.69) is 10.5 Å². The number of fused-ring (bicyclic) bond motifs is 1. The number of rotatable bonds is 5. The van der Waals surface area contributed by atoms with Crippen molar-refractivity contribution in [3.63, 3.8) is 0 Å². The van der Waals surface area contributed by atoms with Gasteiger partial charge in [0.25, 0.3) is 0 Å². The van der Waals surface area contributed by atoms with Crippen molar-refractivity contribution in [1.29, 1.82) is 0 Å². The molecule has 1 fully saturated rings. The summed E-state index contributed by atoms with van der Waals surface area (Å²) in [6.45, 7) is 1.91. The van der Waals surface area contributed by atoms with Crippen LogP contribution in [0.2, 0.25) is 0 Å². The van der Waals surface area contributed by atoms with E-state index in [1.807, 2.05) is 30.3 Å². The van der Waals surface area contributed by atoms with Gasteiger partial charge >= 0.3 is 5.97 Å². The van der Waals surface area contributed by atoms with Crippen LogP contribution in [0, 0.1) is 0 Å². The first kappa shape index (κ1) is 19.4. The number of hydrogen-bond donors (Lipinski definition) is 1. The van der Waals surface area contributed by atoms with Crippen LogP contribution >= 0.6 is 0 Å². The molecule has 2 aromatic carbocycles. The van der Waals surface area contributed by atoms with Crippen LogP contribution < -0.4 is 5.32 Å². The van der Waals surface area contributed by atoms with Gasteiger partial charge in [0.15, 0.2) is 11.4 Å². The number of carbonyl (C=O) groups excluding carboxylic acids is 1. The van der Waals surface area contributed by atoms with E-state index in [1.165, 1.54) is 17.3 Å². The summed E-state index contributed by atoms with van der Waals surface area (Å²) >= 11 is 0. The van der Waals surface area contributed by atoms with E-state index in [4.69, 9.17) is 9.26 Å². The minimum Gasteiger partial charge on any atom is -0.462 e. The molecular weight excluding hydrogens is 394 g/mol. The molecule has 0 aliphatic carbocycles. The summed E-state index contributed by atoms with van der Waals surface area (Å²) < 4.78 is 38.4. The molecule has 0 saturated carbocycles. The zero-order chi connectivity index (χ0) is 20.4. The summed E-state index contributed by atoms with van der Waals surface area (Å²) in [6.07, 6.45) is 0.680. The molecule has 1 aromatic heterocycles. The second kappa shape index (κ2) is 7.84. The number of hydrogen-bond acceptors (Lipinski definition) is 7. The molecule has 1 saturated heterocycles. The van der Waals surface area contributed by atoms with Gasteiger partial charge in [-0.05, 0) is 37.1 Å². The Morgan fingerprint density at radius 1 is 1.14 bits per heavy atom. The van der Waals surface area contributed by atoms with Gasteiger partial charge in [-0.15, -0.1) is 0 Å². The number of carbonyl (C=O) groups is 1. The third kappa shape index (κ3) is 3.96. The zero-order valence-corrected chi connectivity index (χ0v) is 16.7. The van der Waals surface area contributed by atoms with Crippen LogP contribution in [0.15, 0.2) is 57.9 Å². The van der Waals surface area contributed by atoms with Gasteiger partial charge in [0, 0.05) is 25.7 Å². The quantitative estimate of drug-likeness (QED) is 0.638. The third-order valence-corrected chi connectivity index (χ3v) is 6.77. The van der Waals surface area contributed by atoms with Crippen LogP contribution in [-0.4, -0.2) is 43.0 Å². The van der Waals surface area contributed by atoms with Crippen LogP contribution in [0.25, 0.3) is 11.0 Å². The SMILES string of the molecule is CC(=O)OC1CCN(S(=O)(=O)c2cccc3c(Nc4ccccc4)noc23)CC1. The molecule has 8 nitrogen and oxygen atoms in total. The molecule has 29 heavy (non-hydrogen) atoms. The highest BCUT2D eigenvalue weighted by Crippen LogP contribution is 2.32. The lowest BCUT2D eigenvalue weighted by Crippen LogP contribution is -2.41. The van der Waals surface area contributed by atoms with Gasteiger partial charge in [-0.1, -0.05) is 29.4 Å². The van der Waals surface area contributed by atoms with E-state index in [9.17, 15) is 13.2 Å². The highest BCUT2D eigenvalue weighted by Gasteiger charge is 2.33. The first-order valence-electron chi connectivity index (χ1n) is 9.33. The Kier molecular flexibility index (Phi) is 5.25. The molecule has 0 atom stereocenters. The maximum atomic E-state index is 13.2. The van der Waals surface area contributed by atoms with Crippen LogP contribution in [0.3, 0.4) is 0 Å². The predicted octanol–water partition coefficient (Wildman–Crippen LogP) is 3.29. The topological polar surface area (TPSA) is 102 Å². The lowest BCUT2D eigenvalue weighted by atomic mass is 10.1. The summed E-state index contributed by atoms with van der Waals surface area (Å²) in [4.78, 5) is 11.2. The maximum Gasteiger partial charge on any atom is 0.302 e. The molecule has 1 aliphatic heterocycles. The van der Waals surface area contributed by atoms with Gasteiger partial charge in [-0.2, -0.15) is 4.31 Å². The molecule has 4 rings (SSSR count). The molecule has 2 heterocycles. The monoisotopic (exact) mass is 415 g/mol. The number of ether oxygens (including phenoxy) is 1. The lowest BCUT2D eigenvalue weighted by Gasteiger charge is -2.30. The second-order valence-corrected chi connectivity index (χ2v) is 8.77. The number of nitrogens with one attached hydrogen (secondary N) is 1. The van der Waals surface area contributed by atoms with E-state index in [-0.39, 0.29) is 35.6 Å². The molecule has 9 heteroatoms. The molecule has 0 amide bonds. The first-order valence-corrected chi connectivity index (χ1v) is 10.8. The maximum absolute atomic E-state index is 13.2. The molecular formula is C20H21N3O5S. The molecule has 152 valence electrons. The van der Waals surface area contributed by atoms with E-state index in [0.717, 1.165) is 5.69 Å². The van der Waals surface area contributed by atoms with Crippen LogP contribution in [0.5, 0.6) is 0 Å². The van der Waals surface area contributed by atoms with Gasteiger partial charge in [0.05, 0.1) is 5.39 Å². The van der Waals surface area contributed by atoms with Crippen LogP contribution in [0.1, 0.15) is 19.8 Å². The normalized spacial score (nSPS) is 16.0. The number of piperidine rings is 1. The van der Waals surface area contributed by atoms with Crippen molar-refractivity contribution in [2.75, 3.05) is 18.4 Å². The smallest absolute Gasteiger partial charge is 0.302 e. The standard InChI is InChI=1S/C20H21N3O5S/c1-14(24)27-16-10-12-23(13-11-16)29(25,26)18-9-5-8-17-19(18)28-22-20(17)21-15-6-3-2-4-7-15/h2-9,16H,10-13H2,1H3,(H,21,22). The van der Waals surface area contributed by atoms with Crippen molar-refractivity contribution in [2.45, 2.75) is 30.8 Å². The predicted molar refractivity (Wildman–Crippen MR) is 107 cm³/mol. The summed E-state index contributed by atoms with van der Waals surface area (Å²) in [5.74, 6) is 0.105. The highest BCUT2D eigenvalue weighted by molar-refractivity contribution is 7.89. The lowest BCUT2D eigenvalue weighted by molar-refractivity contribution is -0.147. The average Bonchev–Trinajstić information content (AvgIpc) is 3.11. The number of aromatic nitrogens is 1. The third-order valence-electron chi connectivity index (χ3n) is 4.85. The van der Waals surface area contributed by atoms with Gasteiger partial charge in [0.1, 0.15) is 11.0 Å². The Morgan fingerprint density at radius 3 is 2.55 bits per heavy atom. The fourth-order valence-electron chi connectivity index (χ4n) is 3.45. The zero-order valence-electron chi connectivity index (χ0n) is 15.9. The number of esters is 1. The number of anilines is 2. The van der Waals surface area contributed by atoms with Crippen LogP contribution in [0.4, 0.5) is 11.5 Å². The minimum absolute atomic E-state index is 0.0783. The summed E-state index contributed by atoms with van der Waals surface area (Å²) in [6, 6.07) is 14.4. The fraction of sp³-hybridized carbons (Fsp3) is 0.300. The van der Waals surface area contributed by atoms with Crippen molar-refractivity contribution in [3.8, 4) is 0 Å². The molecule has 0 spiro atoms. The number of nitrogens with zero attached hydrogens (tertiary/aromatic N) is 2. The summed E-state index contributed by atoms with van der Waals surface area (Å²) in [5.41, 5.74) is 1.04. The minimum atomic E-state index is -3.77. The molecule has 3 aromatic rings. The first-order chi connectivity index (χ1) is 13.9. The molecule has 1 aliphatic rings. The van der Waals surface area contributed by atoms with Crippen molar-refractivity contribution in [3.05, 3.63) is 48.5 Å². The number of benzene rings is 2. The van der Waals surface area contributed by atoms with E-state index < -0.39 is 10.0 Å². The van der Waals surface area contributed by atoms with E-state index in [1.54, 1.807) is 12.1 Å². The van der Waals surface area contributed by atoms with Gasteiger partial charge in [-0.3, -0.25) is 4.79 Å². The Bertz CT molecular complexity index is 1120. The van der Waals surface area contributed by atoms with E-state index in [0.29, 0.717) is 24.0 Å². The summed E-state index contributed by atoms with van der Waals surface area (Å²) in [5, 5.41) is 7.76. The largest absolute Gasteiger partial charge is 0.462 e. The van der Waals surface area contributed by atoms with Gasteiger partial charge < -0.3 is 14.6 Å². The number of sulfonamides is 1. The Labute approximate surface area is 168 Å². The summed E-state index contributed by atoms with van der Waals surface area (Å²) in [7, 11) is -3.77. The van der Waals surface area contributed by atoms with Gasteiger partial charge in [-0.25, -0.2) is 8.42 Å². The molecule has 0 bridgehead atoms. The number of para-hydroxylation sites is 2. The Hall–Kier alpha value is -2.91. The average molecular weight is 415 g/mol. The Morgan fingerprint density at radius 2 is 1.86 bits per heavy atom. The fourth-order valence-corrected chi connectivity index (χ4v) is 5.05. The van der Waals surface area contributed by atoms with Crippen molar-refractivity contribution in [2.24, 2.45) is 0 Å². The highest BCUT2D eigenvalue weighted by atomic mass is 32.2. The van der Waals surface area contributed by atoms with Crippen LogP contribution in [-0.2, 0) is 19.6 Å². The van der Waals surface area contributed by atoms with E-state index >= 15 is 0 Å². The molecule has 0 radical (unpaired) electrons. The Balaban J connectivity index is 1.60. The second-order valence-electron chi connectivity index (χ2n) is 6.87.